The molecule has 4 nitrogen and oxygen atoms in total. The zero-order chi connectivity index (χ0) is 19.2. The van der Waals surface area contributed by atoms with Crippen molar-refractivity contribution in [3.63, 3.8) is 0 Å². The van der Waals surface area contributed by atoms with Gasteiger partial charge in [0.15, 0.2) is 0 Å². The molecule has 3 N–H and O–H groups in total. The molecular formula is C23H28N4. The molecule has 1 atom stereocenters. The number of nitrogens with zero attached hydrogens (tertiary/aromatic N) is 1. The Balaban J connectivity index is 1.88. The fraction of sp³-hybridized carbons (Fsp3) is 0.261. The van der Waals surface area contributed by atoms with E-state index in [4.69, 9.17) is 4.99 Å². The van der Waals surface area contributed by atoms with Crippen LogP contribution in [-0.4, -0.2) is 12.4 Å². The van der Waals surface area contributed by atoms with E-state index in [1.165, 1.54) is 11.1 Å². The molecule has 1 aliphatic heterocycles. The van der Waals surface area contributed by atoms with Crippen LogP contribution in [0.5, 0.6) is 0 Å². The number of hydrogen-bond donors (Lipinski definition) is 3. The van der Waals surface area contributed by atoms with Crippen molar-refractivity contribution in [3.05, 3.63) is 89.3 Å². The maximum absolute atomic E-state index is 4.95. The highest BCUT2D eigenvalue weighted by atomic mass is 15.2. The molecule has 1 unspecified atom stereocenters. The molecule has 2 aromatic rings. The monoisotopic (exact) mass is 360 g/mol. The highest BCUT2D eigenvalue weighted by molar-refractivity contribution is 6.05. The van der Waals surface area contributed by atoms with Gasteiger partial charge in [0.1, 0.15) is 12.0 Å². The van der Waals surface area contributed by atoms with E-state index in [-0.39, 0.29) is 6.17 Å². The molecule has 0 aliphatic carbocycles. The number of benzene rings is 2. The summed E-state index contributed by atoms with van der Waals surface area (Å²) in [4.78, 5) is 4.95. The first-order valence-electron chi connectivity index (χ1n) is 9.46. The summed E-state index contributed by atoms with van der Waals surface area (Å²) in [6.07, 6.45) is 2.99. The smallest absolute Gasteiger partial charge is 0.147 e. The lowest BCUT2D eigenvalue weighted by molar-refractivity contribution is 0.767. The van der Waals surface area contributed by atoms with Gasteiger partial charge in [-0.15, -0.1) is 0 Å². The molecular weight excluding hydrogens is 332 g/mol. The van der Waals surface area contributed by atoms with Gasteiger partial charge in [0.05, 0.1) is 0 Å². The summed E-state index contributed by atoms with van der Waals surface area (Å²) in [5.41, 5.74) is 6.42. The van der Waals surface area contributed by atoms with Crippen LogP contribution in [0.15, 0.2) is 77.6 Å². The van der Waals surface area contributed by atoms with Gasteiger partial charge in [-0.1, -0.05) is 49.9 Å². The summed E-state index contributed by atoms with van der Waals surface area (Å²) in [7, 11) is 0. The molecule has 1 aliphatic rings. The molecule has 0 spiro atoms. The minimum absolute atomic E-state index is 0.125. The molecule has 27 heavy (non-hydrogen) atoms. The number of anilines is 1. The highest BCUT2D eigenvalue weighted by Gasteiger charge is 2.22. The van der Waals surface area contributed by atoms with Crippen molar-refractivity contribution >= 4 is 11.5 Å². The summed E-state index contributed by atoms with van der Waals surface area (Å²) >= 11 is 0. The van der Waals surface area contributed by atoms with E-state index in [2.05, 4.69) is 79.7 Å². The van der Waals surface area contributed by atoms with E-state index in [1.54, 1.807) is 0 Å². The van der Waals surface area contributed by atoms with Crippen LogP contribution in [0.2, 0.25) is 0 Å². The summed E-state index contributed by atoms with van der Waals surface area (Å²) < 4.78 is 0. The van der Waals surface area contributed by atoms with Crippen molar-refractivity contribution in [2.75, 3.05) is 11.9 Å². The Hall–Kier alpha value is -3.01. The molecule has 3 rings (SSSR count). The van der Waals surface area contributed by atoms with E-state index in [1.807, 2.05) is 18.2 Å². The number of amidine groups is 1. The van der Waals surface area contributed by atoms with Gasteiger partial charge in [-0.2, -0.15) is 0 Å². The van der Waals surface area contributed by atoms with Crippen LogP contribution in [0.25, 0.3) is 0 Å². The SMILES string of the molecule is C=C(/C=C(/C)NCCC)NC1=NC(c2ccccc2C)Nc2ccccc21. The minimum Gasteiger partial charge on any atom is -0.389 e. The second-order valence-electron chi connectivity index (χ2n) is 6.83. The predicted molar refractivity (Wildman–Crippen MR) is 115 cm³/mol. The third-order valence-corrected chi connectivity index (χ3v) is 4.54. The van der Waals surface area contributed by atoms with E-state index in [0.717, 1.165) is 41.4 Å². The van der Waals surface area contributed by atoms with Gasteiger partial charge in [-0.05, 0) is 49.6 Å². The third-order valence-electron chi connectivity index (χ3n) is 4.54. The third kappa shape index (κ3) is 4.59. The van der Waals surface area contributed by atoms with Crippen LogP contribution in [0, 0.1) is 6.92 Å². The number of allylic oxidation sites excluding steroid dienone is 2. The van der Waals surface area contributed by atoms with Gasteiger partial charge >= 0.3 is 0 Å². The molecule has 0 saturated carbocycles. The lowest BCUT2D eigenvalue weighted by Crippen LogP contribution is -2.30. The van der Waals surface area contributed by atoms with Crippen molar-refractivity contribution in [2.45, 2.75) is 33.4 Å². The molecule has 0 bridgehead atoms. The second kappa shape index (κ2) is 8.58. The second-order valence-corrected chi connectivity index (χ2v) is 6.83. The summed E-state index contributed by atoms with van der Waals surface area (Å²) in [5, 5.41) is 10.3. The van der Waals surface area contributed by atoms with Crippen molar-refractivity contribution in [1.29, 1.82) is 0 Å². The Morgan fingerprint density at radius 3 is 2.70 bits per heavy atom. The molecule has 0 fully saturated rings. The molecule has 4 heteroatoms. The Kier molecular flexibility index (Phi) is 5.97. The quantitative estimate of drug-likeness (QED) is 0.644. The van der Waals surface area contributed by atoms with Crippen molar-refractivity contribution in [2.24, 2.45) is 4.99 Å². The number of aliphatic imine (C=N–C) groups is 1. The van der Waals surface area contributed by atoms with E-state index in [0.29, 0.717) is 0 Å². The van der Waals surface area contributed by atoms with Crippen LogP contribution in [0.1, 0.15) is 43.1 Å². The number of hydrogen-bond acceptors (Lipinski definition) is 4. The van der Waals surface area contributed by atoms with Gasteiger partial charge in [-0.3, -0.25) is 0 Å². The number of aryl methyl sites for hydroxylation is 1. The fourth-order valence-electron chi connectivity index (χ4n) is 3.16. The topological polar surface area (TPSA) is 48.5 Å². The maximum Gasteiger partial charge on any atom is 0.147 e. The maximum atomic E-state index is 4.95. The van der Waals surface area contributed by atoms with Gasteiger partial charge < -0.3 is 16.0 Å². The van der Waals surface area contributed by atoms with Crippen molar-refractivity contribution < 1.29 is 0 Å². The van der Waals surface area contributed by atoms with E-state index in [9.17, 15) is 0 Å². The Labute approximate surface area is 162 Å². The first kappa shape index (κ1) is 18.8. The molecule has 1 heterocycles. The first-order chi connectivity index (χ1) is 13.1. The number of para-hydroxylation sites is 1. The Morgan fingerprint density at radius 1 is 1.19 bits per heavy atom. The Morgan fingerprint density at radius 2 is 1.93 bits per heavy atom. The zero-order valence-electron chi connectivity index (χ0n) is 16.3. The van der Waals surface area contributed by atoms with E-state index >= 15 is 0 Å². The number of fused-ring (bicyclic) bond motifs is 1. The lowest BCUT2D eigenvalue weighted by Gasteiger charge is -2.27. The Bertz CT molecular complexity index is 879. The van der Waals surface area contributed by atoms with Crippen LogP contribution < -0.4 is 16.0 Å². The average Bonchev–Trinajstić information content (AvgIpc) is 2.66. The zero-order valence-corrected chi connectivity index (χ0v) is 16.3. The molecule has 0 amide bonds. The van der Waals surface area contributed by atoms with Gasteiger partial charge in [0.2, 0.25) is 0 Å². The summed E-state index contributed by atoms with van der Waals surface area (Å²) in [6.45, 7) is 11.4. The summed E-state index contributed by atoms with van der Waals surface area (Å²) in [6, 6.07) is 16.6. The van der Waals surface area contributed by atoms with Crippen LogP contribution in [0.4, 0.5) is 5.69 Å². The minimum atomic E-state index is -0.125. The highest BCUT2D eigenvalue weighted by Crippen LogP contribution is 2.30. The first-order valence-corrected chi connectivity index (χ1v) is 9.46. The van der Waals surface area contributed by atoms with Gasteiger partial charge in [0.25, 0.3) is 0 Å². The molecule has 140 valence electrons. The van der Waals surface area contributed by atoms with Gasteiger partial charge in [-0.25, -0.2) is 4.99 Å². The van der Waals surface area contributed by atoms with Crippen molar-refractivity contribution in [3.8, 4) is 0 Å². The van der Waals surface area contributed by atoms with Crippen LogP contribution >= 0.6 is 0 Å². The van der Waals surface area contributed by atoms with E-state index < -0.39 is 0 Å². The van der Waals surface area contributed by atoms with Crippen LogP contribution in [0.3, 0.4) is 0 Å². The number of rotatable bonds is 6. The van der Waals surface area contributed by atoms with Crippen molar-refractivity contribution in [1.82, 2.24) is 10.6 Å². The molecule has 0 aromatic heterocycles. The lowest BCUT2D eigenvalue weighted by atomic mass is 10.0. The fourth-order valence-corrected chi connectivity index (χ4v) is 3.16. The average molecular weight is 361 g/mol. The standard InChI is InChI=1S/C23H28N4/c1-5-14-24-17(3)15-18(4)25-23-20-12-8-9-13-21(20)26-22(27-23)19-11-7-6-10-16(19)2/h6-13,15,22,24,26H,4-5,14H2,1-3H3,(H,25,27)/b17-15-. The van der Waals surface area contributed by atoms with Crippen LogP contribution in [-0.2, 0) is 0 Å². The number of nitrogens with one attached hydrogen (secondary N) is 3. The largest absolute Gasteiger partial charge is 0.389 e. The molecule has 0 radical (unpaired) electrons. The summed E-state index contributed by atoms with van der Waals surface area (Å²) in [5.74, 6) is 0.835. The van der Waals surface area contributed by atoms with Gasteiger partial charge in [0, 0.05) is 29.2 Å². The molecule has 2 aromatic carbocycles. The normalized spacial score (nSPS) is 16.0. The molecule has 0 saturated heterocycles. The predicted octanol–water partition coefficient (Wildman–Crippen LogP) is 4.87.